The van der Waals surface area contributed by atoms with Crippen molar-refractivity contribution in [2.75, 3.05) is 13.2 Å². The van der Waals surface area contributed by atoms with Crippen molar-refractivity contribution in [2.45, 2.75) is 33.8 Å². The van der Waals surface area contributed by atoms with Crippen LogP contribution in [0.1, 0.15) is 38.0 Å². The maximum absolute atomic E-state index is 12.6. The first kappa shape index (κ1) is 17.7. The summed E-state index contributed by atoms with van der Waals surface area (Å²) in [6.45, 7) is 7.42. The summed E-state index contributed by atoms with van der Waals surface area (Å²) in [5.74, 6) is 0.536. The molecule has 0 aliphatic heterocycles. The largest absolute Gasteiger partial charge is 0.472 e. The van der Waals surface area contributed by atoms with Gasteiger partial charge in [-0.3, -0.25) is 9.09 Å². The number of hydrogen-bond donors (Lipinski definition) is 0. The minimum atomic E-state index is -3.54. The molecule has 118 valence electrons. The lowest BCUT2D eigenvalue weighted by atomic mass is 10.1. The van der Waals surface area contributed by atoms with E-state index in [4.69, 9.17) is 18.2 Å². The Morgan fingerprint density at radius 2 is 2.10 bits per heavy atom. The summed E-state index contributed by atoms with van der Waals surface area (Å²) < 4.78 is 33.1. The van der Waals surface area contributed by atoms with Crippen LogP contribution in [0.5, 0.6) is 0 Å². The Balaban J connectivity index is 2.83. The summed E-state index contributed by atoms with van der Waals surface area (Å²) in [5, 5.41) is 0. The molecule has 0 saturated heterocycles. The maximum Gasteiger partial charge on any atom is 0.355 e. The minimum absolute atomic E-state index is 0.196. The fourth-order valence-electron chi connectivity index (χ4n) is 1.70. The molecule has 0 aliphatic rings. The van der Waals surface area contributed by atoms with Crippen LogP contribution in [0.2, 0.25) is 0 Å². The lowest BCUT2D eigenvalue weighted by molar-refractivity contribution is -0.137. The summed E-state index contributed by atoms with van der Waals surface area (Å²) in [5.41, 5.74) is 1.67. The molecule has 2 unspecified atom stereocenters. The van der Waals surface area contributed by atoms with E-state index in [-0.39, 0.29) is 13.2 Å². The molecule has 0 aromatic carbocycles. The molecule has 1 rings (SSSR count). The van der Waals surface area contributed by atoms with Crippen molar-refractivity contribution >= 4 is 13.6 Å². The van der Waals surface area contributed by atoms with Gasteiger partial charge in [-0.05, 0) is 33.3 Å². The van der Waals surface area contributed by atoms with Crippen LogP contribution >= 0.6 is 7.60 Å². The number of hydrogen-bond acceptors (Lipinski definition) is 6. The molecule has 7 heteroatoms. The van der Waals surface area contributed by atoms with Gasteiger partial charge in [0.25, 0.3) is 0 Å². The molecule has 0 spiro atoms. The molecule has 0 fully saturated rings. The van der Waals surface area contributed by atoms with E-state index in [0.29, 0.717) is 0 Å². The number of carbonyl (C=O) groups excluding carboxylic acids is 1. The van der Waals surface area contributed by atoms with Crippen molar-refractivity contribution in [2.24, 2.45) is 0 Å². The first-order valence-corrected chi connectivity index (χ1v) is 8.34. The van der Waals surface area contributed by atoms with Crippen LogP contribution in [0, 0.1) is 6.92 Å². The van der Waals surface area contributed by atoms with Crippen molar-refractivity contribution in [3.8, 4) is 0 Å². The van der Waals surface area contributed by atoms with Crippen molar-refractivity contribution in [1.82, 2.24) is 0 Å². The predicted octanol–water partition coefficient (Wildman–Crippen LogP) is 3.97. The molecule has 0 bridgehead atoms. The van der Waals surface area contributed by atoms with Gasteiger partial charge in [-0.1, -0.05) is 0 Å². The average Bonchev–Trinajstić information content (AvgIpc) is 2.83. The minimum Gasteiger partial charge on any atom is -0.472 e. The Morgan fingerprint density at radius 3 is 2.62 bits per heavy atom. The quantitative estimate of drug-likeness (QED) is 0.410. The Bertz CT molecular complexity index is 533. The van der Waals surface area contributed by atoms with Gasteiger partial charge >= 0.3 is 13.6 Å². The number of ether oxygens (including phenoxy) is 1. The van der Waals surface area contributed by atoms with Gasteiger partial charge in [-0.25, -0.2) is 4.79 Å². The summed E-state index contributed by atoms with van der Waals surface area (Å²) in [6, 6.07) is 0. The third-order valence-electron chi connectivity index (χ3n) is 2.63. The molecule has 0 radical (unpaired) electrons. The molecule has 0 N–H and O–H groups in total. The molecule has 1 heterocycles. The number of furan rings is 1. The van der Waals surface area contributed by atoms with E-state index < -0.39 is 19.7 Å². The Labute approximate surface area is 124 Å². The zero-order chi connectivity index (χ0) is 15.9. The van der Waals surface area contributed by atoms with Crippen LogP contribution in [-0.2, 0) is 23.1 Å². The summed E-state index contributed by atoms with van der Waals surface area (Å²) in [7, 11) is -3.54. The molecule has 0 amide bonds. The molecule has 21 heavy (non-hydrogen) atoms. The molecular formula is C14H21O6P. The van der Waals surface area contributed by atoms with Crippen LogP contribution < -0.4 is 0 Å². The predicted molar refractivity (Wildman–Crippen MR) is 78.0 cm³/mol. The monoisotopic (exact) mass is 316 g/mol. The Morgan fingerprint density at radius 1 is 1.38 bits per heavy atom. The number of aryl methyl sites for hydroxylation is 1. The topological polar surface area (TPSA) is 75.0 Å². The first-order chi connectivity index (χ1) is 9.91. The second-order valence-corrected chi connectivity index (χ2v) is 6.13. The third-order valence-corrected chi connectivity index (χ3v) is 4.37. The van der Waals surface area contributed by atoms with E-state index in [1.54, 1.807) is 27.0 Å². The van der Waals surface area contributed by atoms with E-state index in [0.717, 1.165) is 23.0 Å². The molecular weight excluding hydrogens is 295 g/mol. The lowest BCUT2D eigenvalue weighted by Gasteiger charge is -2.19. The second-order valence-electron chi connectivity index (χ2n) is 4.28. The van der Waals surface area contributed by atoms with Crippen LogP contribution in [0.15, 0.2) is 28.8 Å². The smallest absolute Gasteiger partial charge is 0.355 e. The summed E-state index contributed by atoms with van der Waals surface area (Å²) >= 11 is 0. The van der Waals surface area contributed by atoms with Crippen LogP contribution in [0.4, 0.5) is 0 Å². The molecule has 1 aromatic heterocycles. The van der Waals surface area contributed by atoms with E-state index in [1.807, 2.05) is 6.92 Å². The molecule has 1 aromatic rings. The zero-order valence-corrected chi connectivity index (χ0v) is 13.6. The van der Waals surface area contributed by atoms with Gasteiger partial charge in [0.2, 0.25) is 0 Å². The van der Waals surface area contributed by atoms with Gasteiger partial charge in [-0.2, -0.15) is 0 Å². The maximum atomic E-state index is 12.6. The fraction of sp³-hybridized carbons (Fsp3) is 0.500. The highest BCUT2D eigenvalue weighted by Gasteiger charge is 2.26. The summed E-state index contributed by atoms with van der Waals surface area (Å²) in [4.78, 5) is 11.3. The fourth-order valence-corrected chi connectivity index (χ4v) is 3.13. The van der Waals surface area contributed by atoms with Crippen molar-refractivity contribution < 1.29 is 27.6 Å². The van der Waals surface area contributed by atoms with Crippen LogP contribution in [-0.4, -0.2) is 19.2 Å². The normalized spacial score (nSPS) is 15.8. The van der Waals surface area contributed by atoms with E-state index in [1.165, 1.54) is 6.26 Å². The number of rotatable bonds is 8. The SMILES string of the molecule is CCOC(=O)/C=C/P(=O)(OCC)OC(C)c1cocc1C. The van der Waals surface area contributed by atoms with Crippen LogP contribution in [0.25, 0.3) is 0 Å². The zero-order valence-electron chi connectivity index (χ0n) is 12.7. The Hall–Kier alpha value is -1.36. The average molecular weight is 316 g/mol. The highest BCUT2D eigenvalue weighted by molar-refractivity contribution is 7.57. The van der Waals surface area contributed by atoms with Gasteiger partial charge in [0.15, 0.2) is 0 Å². The molecule has 6 nitrogen and oxygen atoms in total. The van der Waals surface area contributed by atoms with Gasteiger partial charge in [0.05, 0.1) is 31.8 Å². The number of carbonyl (C=O) groups is 1. The van der Waals surface area contributed by atoms with Crippen molar-refractivity contribution in [3.63, 3.8) is 0 Å². The van der Waals surface area contributed by atoms with Gasteiger partial charge in [0.1, 0.15) is 0 Å². The molecule has 0 saturated carbocycles. The Kier molecular flexibility index (Phi) is 6.89. The van der Waals surface area contributed by atoms with Gasteiger partial charge < -0.3 is 13.7 Å². The number of esters is 1. The van der Waals surface area contributed by atoms with Gasteiger partial charge in [-0.15, -0.1) is 0 Å². The second kappa shape index (κ2) is 8.17. The highest BCUT2D eigenvalue weighted by atomic mass is 31.2. The van der Waals surface area contributed by atoms with Gasteiger partial charge in [0, 0.05) is 17.5 Å². The molecule has 0 aliphatic carbocycles. The summed E-state index contributed by atoms with van der Waals surface area (Å²) in [6.07, 6.45) is 3.68. The first-order valence-electron chi connectivity index (χ1n) is 6.73. The van der Waals surface area contributed by atoms with Crippen molar-refractivity contribution in [1.29, 1.82) is 0 Å². The van der Waals surface area contributed by atoms with Crippen LogP contribution in [0.3, 0.4) is 0 Å². The van der Waals surface area contributed by atoms with E-state index >= 15 is 0 Å². The standard InChI is InChI=1S/C14H21O6P/c1-5-18-14(15)7-8-21(16,19-6-2)20-12(4)13-10-17-9-11(13)3/h7-10,12H,5-6H2,1-4H3/b8-7+. The van der Waals surface area contributed by atoms with E-state index in [2.05, 4.69) is 0 Å². The molecule has 2 atom stereocenters. The third kappa shape index (κ3) is 5.50. The van der Waals surface area contributed by atoms with Crippen molar-refractivity contribution in [3.05, 3.63) is 35.5 Å². The van der Waals surface area contributed by atoms with E-state index in [9.17, 15) is 9.36 Å². The highest BCUT2D eigenvalue weighted by Crippen LogP contribution is 2.53. The lowest BCUT2D eigenvalue weighted by Crippen LogP contribution is -2.02.